The van der Waals surface area contributed by atoms with E-state index in [4.69, 9.17) is 5.73 Å². The first-order chi connectivity index (χ1) is 8.61. The van der Waals surface area contributed by atoms with Gasteiger partial charge in [-0.05, 0) is 68.6 Å². The molecule has 18 heavy (non-hydrogen) atoms. The highest BCUT2D eigenvalue weighted by Gasteiger charge is 2.48. The second-order valence-electron chi connectivity index (χ2n) is 7.08. The molecule has 1 atom stereocenters. The quantitative estimate of drug-likeness (QED) is 0.801. The number of carbonyl (C=O) groups is 1. The van der Waals surface area contributed by atoms with Crippen molar-refractivity contribution in [2.75, 3.05) is 6.54 Å². The van der Waals surface area contributed by atoms with Gasteiger partial charge in [0, 0.05) is 19.0 Å². The van der Waals surface area contributed by atoms with E-state index in [-0.39, 0.29) is 11.9 Å². The van der Waals surface area contributed by atoms with Crippen LogP contribution in [0.25, 0.3) is 0 Å². The van der Waals surface area contributed by atoms with Gasteiger partial charge in [-0.25, -0.2) is 0 Å². The topological polar surface area (TPSA) is 55.1 Å². The molecule has 4 bridgehead atoms. The molecule has 3 nitrogen and oxygen atoms in total. The molecule has 0 spiro atoms. The molecule has 3 heteroatoms. The van der Waals surface area contributed by atoms with Crippen LogP contribution < -0.4 is 11.1 Å². The normalized spacial score (nSPS) is 42.9. The lowest BCUT2D eigenvalue weighted by Gasteiger charge is -2.54. The molecule has 0 heterocycles. The molecular formula is C15H26N2O. The lowest BCUT2D eigenvalue weighted by Crippen LogP contribution is -2.47. The van der Waals surface area contributed by atoms with Gasteiger partial charge in [0.15, 0.2) is 0 Å². The van der Waals surface area contributed by atoms with Crippen LogP contribution in [0.2, 0.25) is 0 Å². The highest BCUT2D eigenvalue weighted by molar-refractivity contribution is 5.76. The van der Waals surface area contributed by atoms with Crippen LogP contribution in [-0.4, -0.2) is 18.5 Å². The molecule has 0 radical (unpaired) electrons. The van der Waals surface area contributed by atoms with Gasteiger partial charge in [-0.1, -0.05) is 0 Å². The average Bonchev–Trinajstić information content (AvgIpc) is 2.30. The maximum atomic E-state index is 12.0. The second-order valence-corrected chi connectivity index (χ2v) is 7.08. The van der Waals surface area contributed by atoms with Gasteiger partial charge in [0.25, 0.3) is 0 Å². The molecule has 4 aliphatic rings. The van der Waals surface area contributed by atoms with E-state index in [9.17, 15) is 4.79 Å². The summed E-state index contributed by atoms with van der Waals surface area (Å²) in [6.45, 7) is 2.55. The highest BCUT2D eigenvalue weighted by Crippen LogP contribution is 2.57. The van der Waals surface area contributed by atoms with E-state index >= 15 is 0 Å². The van der Waals surface area contributed by atoms with Crippen molar-refractivity contribution in [2.45, 2.75) is 51.5 Å². The molecule has 102 valence electrons. The van der Waals surface area contributed by atoms with Crippen molar-refractivity contribution >= 4 is 5.91 Å². The Bertz CT molecular complexity index is 298. The van der Waals surface area contributed by atoms with E-state index in [1.54, 1.807) is 0 Å². The lowest BCUT2D eigenvalue weighted by molar-refractivity contribution is -0.126. The molecular weight excluding hydrogens is 224 g/mol. The van der Waals surface area contributed by atoms with Crippen molar-refractivity contribution in [2.24, 2.45) is 35.3 Å². The number of amides is 1. The summed E-state index contributed by atoms with van der Waals surface area (Å²) in [6.07, 6.45) is 7.84. The predicted octanol–water partition coefficient (Wildman–Crippen LogP) is 1.91. The van der Waals surface area contributed by atoms with E-state index in [1.165, 1.54) is 32.1 Å². The minimum absolute atomic E-state index is 0.0625. The second kappa shape index (κ2) is 4.84. The van der Waals surface area contributed by atoms with Crippen molar-refractivity contribution in [1.82, 2.24) is 5.32 Å². The third-order valence-corrected chi connectivity index (χ3v) is 5.46. The van der Waals surface area contributed by atoms with Gasteiger partial charge in [0.2, 0.25) is 5.91 Å². The maximum Gasteiger partial charge on any atom is 0.220 e. The van der Waals surface area contributed by atoms with Crippen LogP contribution in [0, 0.1) is 29.6 Å². The van der Waals surface area contributed by atoms with E-state index in [0.717, 1.165) is 30.1 Å². The van der Waals surface area contributed by atoms with Crippen LogP contribution in [0.5, 0.6) is 0 Å². The first-order valence-electron chi connectivity index (χ1n) is 7.64. The molecule has 4 aliphatic carbocycles. The van der Waals surface area contributed by atoms with Crippen LogP contribution in [0.4, 0.5) is 0 Å². The fraction of sp³-hybridized carbons (Fsp3) is 0.933. The standard InChI is InChI=1S/C15H26N2O/c1-9(16)8-17-15(18)7-14-12-3-10-2-11(5-12)6-13(14)4-10/h9-14H,2-8,16H2,1H3,(H,17,18). The molecule has 0 aromatic heterocycles. The van der Waals surface area contributed by atoms with Gasteiger partial charge in [-0.15, -0.1) is 0 Å². The number of nitrogens with one attached hydrogen (secondary N) is 1. The molecule has 0 aromatic carbocycles. The number of rotatable bonds is 4. The Morgan fingerprint density at radius 1 is 1.17 bits per heavy atom. The zero-order valence-corrected chi connectivity index (χ0v) is 11.4. The van der Waals surface area contributed by atoms with Crippen molar-refractivity contribution < 1.29 is 4.79 Å². The summed E-state index contributed by atoms with van der Waals surface area (Å²) < 4.78 is 0. The third kappa shape index (κ3) is 2.42. The summed E-state index contributed by atoms with van der Waals surface area (Å²) >= 11 is 0. The SMILES string of the molecule is CC(N)CNC(=O)CC1C2CC3CC(C2)CC1C3. The van der Waals surface area contributed by atoms with Gasteiger partial charge >= 0.3 is 0 Å². The van der Waals surface area contributed by atoms with Gasteiger partial charge in [0.05, 0.1) is 0 Å². The third-order valence-electron chi connectivity index (χ3n) is 5.46. The molecule has 4 fully saturated rings. The number of hydrogen-bond acceptors (Lipinski definition) is 2. The van der Waals surface area contributed by atoms with Gasteiger partial charge in [-0.3, -0.25) is 4.79 Å². The first-order valence-corrected chi connectivity index (χ1v) is 7.64. The van der Waals surface area contributed by atoms with Gasteiger partial charge < -0.3 is 11.1 Å². The molecule has 0 saturated heterocycles. The zero-order valence-electron chi connectivity index (χ0n) is 11.4. The Morgan fingerprint density at radius 3 is 2.22 bits per heavy atom. The summed E-state index contributed by atoms with van der Waals surface area (Å²) in [5, 5.41) is 2.98. The molecule has 3 N–H and O–H groups in total. The molecule has 1 unspecified atom stereocenters. The van der Waals surface area contributed by atoms with Crippen LogP contribution >= 0.6 is 0 Å². The highest BCUT2D eigenvalue weighted by atomic mass is 16.1. The predicted molar refractivity (Wildman–Crippen MR) is 71.8 cm³/mol. The summed E-state index contributed by atoms with van der Waals surface area (Å²) in [4.78, 5) is 12.0. The molecule has 1 amide bonds. The van der Waals surface area contributed by atoms with E-state index in [2.05, 4.69) is 5.32 Å². The van der Waals surface area contributed by atoms with Crippen LogP contribution in [0.15, 0.2) is 0 Å². The lowest BCUT2D eigenvalue weighted by atomic mass is 9.51. The van der Waals surface area contributed by atoms with Crippen molar-refractivity contribution in [3.63, 3.8) is 0 Å². The Kier molecular flexibility index (Phi) is 3.35. The van der Waals surface area contributed by atoms with Crippen molar-refractivity contribution in [3.05, 3.63) is 0 Å². The zero-order chi connectivity index (χ0) is 12.7. The van der Waals surface area contributed by atoms with Crippen LogP contribution in [-0.2, 0) is 4.79 Å². The summed E-state index contributed by atoms with van der Waals surface area (Å²) in [5.74, 6) is 4.59. The minimum Gasteiger partial charge on any atom is -0.355 e. The monoisotopic (exact) mass is 250 g/mol. The first kappa shape index (κ1) is 12.5. The van der Waals surface area contributed by atoms with Crippen molar-refractivity contribution in [3.8, 4) is 0 Å². The molecule has 4 saturated carbocycles. The van der Waals surface area contributed by atoms with E-state index in [0.29, 0.717) is 12.5 Å². The average molecular weight is 250 g/mol. The summed E-state index contributed by atoms with van der Waals surface area (Å²) in [5.41, 5.74) is 5.68. The summed E-state index contributed by atoms with van der Waals surface area (Å²) in [7, 11) is 0. The smallest absolute Gasteiger partial charge is 0.220 e. The number of carbonyl (C=O) groups excluding carboxylic acids is 1. The largest absolute Gasteiger partial charge is 0.355 e. The Labute approximate surface area is 110 Å². The molecule has 0 aromatic rings. The molecule has 0 aliphatic heterocycles. The fourth-order valence-corrected chi connectivity index (χ4v) is 4.93. The number of hydrogen-bond donors (Lipinski definition) is 2. The van der Waals surface area contributed by atoms with E-state index < -0.39 is 0 Å². The molecule has 4 rings (SSSR count). The Morgan fingerprint density at radius 2 is 1.72 bits per heavy atom. The Balaban J connectivity index is 1.55. The van der Waals surface area contributed by atoms with E-state index in [1.807, 2.05) is 6.92 Å². The van der Waals surface area contributed by atoms with Crippen LogP contribution in [0.1, 0.15) is 45.4 Å². The summed E-state index contributed by atoms with van der Waals surface area (Å²) in [6, 6.07) is 0.0625. The van der Waals surface area contributed by atoms with Crippen LogP contribution in [0.3, 0.4) is 0 Å². The van der Waals surface area contributed by atoms with Gasteiger partial charge in [-0.2, -0.15) is 0 Å². The van der Waals surface area contributed by atoms with Gasteiger partial charge in [0.1, 0.15) is 0 Å². The Hall–Kier alpha value is -0.570. The fourth-order valence-electron chi connectivity index (χ4n) is 4.93. The maximum absolute atomic E-state index is 12.0. The van der Waals surface area contributed by atoms with Crippen molar-refractivity contribution in [1.29, 1.82) is 0 Å². The number of nitrogens with two attached hydrogens (primary N) is 1. The minimum atomic E-state index is 0.0625.